The highest BCUT2D eigenvalue weighted by molar-refractivity contribution is 6.31. The van der Waals surface area contributed by atoms with E-state index in [1.165, 1.54) is 0 Å². The highest BCUT2D eigenvalue weighted by Gasteiger charge is 2.32. The van der Waals surface area contributed by atoms with E-state index in [1.54, 1.807) is 14.2 Å². The van der Waals surface area contributed by atoms with E-state index >= 15 is 0 Å². The average Bonchev–Trinajstić information content (AvgIpc) is 3.80. The Labute approximate surface area is 379 Å². The number of fused-ring (bicyclic) bond motifs is 6. The van der Waals surface area contributed by atoms with Gasteiger partial charge in [0.05, 0.1) is 76.3 Å². The van der Waals surface area contributed by atoms with E-state index in [1.807, 2.05) is 108 Å². The van der Waals surface area contributed by atoms with Crippen molar-refractivity contribution in [3.63, 3.8) is 0 Å². The predicted octanol–water partition coefficient (Wildman–Crippen LogP) is 6.32. The van der Waals surface area contributed by atoms with Crippen molar-refractivity contribution in [1.82, 2.24) is 40.2 Å². The Morgan fingerprint density at radius 1 is 0.578 bits per heavy atom. The van der Waals surface area contributed by atoms with Gasteiger partial charge in [0.15, 0.2) is 11.6 Å². The maximum atomic E-state index is 13.3. The summed E-state index contributed by atoms with van der Waals surface area (Å²) in [5.41, 5.74) is 6.33. The number of amides is 2. The monoisotopic (exact) mass is 904 g/mol. The van der Waals surface area contributed by atoms with Crippen LogP contribution >= 0.6 is 23.2 Å². The summed E-state index contributed by atoms with van der Waals surface area (Å²) < 4.78 is 26.4. The van der Waals surface area contributed by atoms with Crippen LogP contribution in [0.5, 0.6) is 11.5 Å². The van der Waals surface area contributed by atoms with E-state index in [2.05, 4.69) is 31.0 Å². The lowest BCUT2D eigenvalue weighted by Gasteiger charge is -2.14. The van der Waals surface area contributed by atoms with Crippen LogP contribution in [0.25, 0.3) is 11.4 Å². The van der Waals surface area contributed by atoms with Crippen LogP contribution in [0.15, 0.2) is 94.9 Å². The van der Waals surface area contributed by atoms with Crippen LogP contribution in [0.3, 0.4) is 0 Å². The molecule has 0 saturated heterocycles. The number of aromatic nitrogens is 6. The molecule has 2 N–H and O–H groups in total. The zero-order valence-corrected chi connectivity index (χ0v) is 37.2. The Bertz CT molecular complexity index is 2530. The van der Waals surface area contributed by atoms with Crippen molar-refractivity contribution in [2.45, 2.75) is 38.8 Å². The fraction of sp³-hybridized carbons (Fsp3) is 0.304. The third-order valence-electron chi connectivity index (χ3n) is 10.8. The van der Waals surface area contributed by atoms with Gasteiger partial charge in [-0.05, 0) is 74.5 Å². The summed E-state index contributed by atoms with van der Waals surface area (Å²) in [6.45, 7) is 5.46. The number of carbonyl (C=O) groups excluding carboxylic acids is 2. The number of aliphatic imine (C=N–C) groups is 2. The fourth-order valence-electron chi connectivity index (χ4n) is 7.70. The van der Waals surface area contributed by atoms with Crippen LogP contribution in [0, 0.1) is 13.8 Å². The van der Waals surface area contributed by atoms with Crippen LogP contribution in [0.1, 0.15) is 70.5 Å². The molecule has 0 unspecified atom stereocenters. The number of hydrogen-bond donors (Lipinski definition) is 2. The van der Waals surface area contributed by atoms with Gasteiger partial charge in [0.2, 0.25) is 11.8 Å². The molecule has 0 aliphatic carbocycles. The Hall–Kier alpha value is -6.46. The summed E-state index contributed by atoms with van der Waals surface area (Å²) in [7, 11) is 3.23. The Morgan fingerprint density at radius 2 is 0.984 bits per heavy atom. The van der Waals surface area contributed by atoms with Crippen molar-refractivity contribution in [3.8, 4) is 22.9 Å². The molecule has 18 heteroatoms. The highest BCUT2D eigenvalue weighted by atomic mass is 35.5. The van der Waals surface area contributed by atoms with E-state index in [-0.39, 0.29) is 51.0 Å². The van der Waals surface area contributed by atoms with Gasteiger partial charge in [-0.2, -0.15) is 0 Å². The van der Waals surface area contributed by atoms with Crippen molar-refractivity contribution in [1.29, 1.82) is 0 Å². The number of halogens is 2. The molecule has 0 fully saturated rings. The summed E-state index contributed by atoms with van der Waals surface area (Å²) in [4.78, 5) is 36.9. The Morgan fingerprint density at radius 3 is 1.38 bits per heavy atom. The minimum Gasteiger partial charge on any atom is -0.497 e. The number of hydrogen-bond acceptors (Lipinski definition) is 12. The molecular formula is C46H46Cl2N10O6. The first-order valence-electron chi connectivity index (χ1n) is 20.7. The maximum Gasteiger partial charge on any atom is 0.222 e. The van der Waals surface area contributed by atoms with Crippen LogP contribution in [0.2, 0.25) is 10.0 Å². The smallest absolute Gasteiger partial charge is 0.222 e. The molecule has 8 rings (SSSR count). The molecule has 2 atom stereocenters. The van der Waals surface area contributed by atoms with Gasteiger partial charge in [-0.25, -0.2) is 0 Å². The zero-order chi connectivity index (χ0) is 44.7. The van der Waals surface area contributed by atoms with E-state index < -0.39 is 12.1 Å². The van der Waals surface area contributed by atoms with Gasteiger partial charge in [-0.3, -0.25) is 28.7 Å². The van der Waals surface area contributed by atoms with Gasteiger partial charge in [0.25, 0.3) is 0 Å². The number of aryl methyl sites for hydroxylation is 2. The lowest BCUT2D eigenvalue weighted by molar-refractivity contribution is -0.122. The first kappa shape index (κ1) is 44.2. The van der Waals surface area contributed by atoms with Crippen molar-refractivity contribution >= 4 is 46.4 Å². The minimum atomic E-state index is -0.627. The first-order valence-corrected chi connectivity index (χ1v) is 21.4. The van der Waals surface area contributed by atoms with Crippen molar-refractivity contribution in [3.05, 3.63) is 141 Å². The summed E-state index contributed by atoms with van der Waals surface area (Å²) in [5, 5.41) is 24.7. The second-order valence-electron chi connectivity index (χ2n) is 15.0. The van der Waals surface area contributed by atoms with Gasteiger partial charge in [-0.1, -0.05) is 47.5 Å². The highest BCUT2D eigenvalue weighted by Crippen LogP contribution is 2.36. The summed E-state index contributed by atoms with van der Waals surface area (Å²) >= 11 is 12.5. The molecule has 0 bridgehead atoms. The maximum absolute atomic E-state index is 13.3. The molecular weight excluding hydrogens is 859 g/mol. The first-order chi connectivity index (χ1) is 31.1. The van der Waals surface area contributed by atoms with Crippen LogP contribution < -0.4 is 20.1 Å². The molecule has 0 saturated carbocycles. The third kappa shape index (κ3) is 9.70. The molecule has 6 aromatic rings. The van der Waals surface area contributed by atoms with Gasteiger partial charge in [0, 0.05) is 45.4 Å². The molecule has 64 heavy (non-hydrogen) atoms. The SMILES string of the molecule is COc1ccc2c(c1)C(c1ccc(Cl)cc1)=N[C@@H](CC(=O)NCCOCCOCCNC(=O)C[C@@H]1N=C(c3ccc(Cl)cc3)c3cc(OC)ccc3-n3c(C)nnc31)c1nnc(C)n1-2. The second-order valence-corrected chi connectivity index (χ2v) is 15.9. The number of methoxy groups -OCH3 is 2. The summed E-state index contributed by atoms with van der Waals surface area (Å²) in [6.07, 6.45) is 0.0723. The van der Waals surface area contributed by atoms with Crippen molar-refractivity contribution in [2.75, 3.05) is 53.7 Å². The van der Waals surface area contributed by atoms with Crippen molar-refractivity contribution < 1.29 is 28.5 Å². The predicted molar refractivity (Wildman–Crippen MR) is 242 cm³/mol. The average molecular weight is 906 g/mol. The van der Waals surface area contributed by atoms with Crippen LogP contribution in [0.4, 0.5) is 0 Å². The molecule has 2 amide bonds. The van der Waals surface area contributed by atoms with Crippen LogP contribution in [-0.2, 0) is 19.1 Å². The van der Waals surface area contributed by atoms with E-state index in [0.717, 1.165) is 33.6 Å². The number of nitrogens with one attached hydrogen (secondary N) is 2. The van der Waals surface area contributed by atoms with Gasteiger partial charge >= 0.3 is 0 Å². The molecule has 330 valence electrons. The molecule has 0 radical (unpaired) electrons. The number of benzene rings is 4. The summed E-state index contributed by atoms with van der Waals surface area (Å²) in [5.74, 6) is 3.35. The van der Waals surface area contributed by atoms with Gasteiger partial charge in [0.1, 0.15) is 35.2 Å². The molecule has 4 aromatic carbocycles. The largest absolute Gasteiger partial charge is 0.497 e. The summed E-state index contributed by atoms with van der Waals surface area (Å²) in [6, 6.07) is 25.1. The Balaban J connectivity index is 0.808. The quantitative estimate of drug-likeness (QED) is 0.0984. The van der Waals surface area contributed by atoms with E-state index in [0.29, 0.717) is 69.5 Å². The Kier molecular flexibility index (Phi) is 13.8. The number of ether oxygens (including phenoxy) is 4. The lowest BCUT2D eigenvalue weighted by atomic mass is 10.00. The van der Waals surface area contributed by atoms with Crippen LogP contribution in [-0.4, -0.2) is 107 Å². The molecule has 2 aliphatic rings. The topological polar surface area (TPSA) is 181 Å². The number of carbonyl (C=O) groups is 2. The van der Waals surface area contributed by atoms with Crippen molar-refractivity contribution in [2.24, 2.45) is 9.98 Å². The molecule has 16 nitrogen and oxygen atoms in total. The fourth-order valence-corrected chi connectivity index (χ4v) is 7.95. The molecule has 2 aromatic heterocycles. The molecule has 4 heterocycles. The van der Waals surface area contributed by atoms with E-state index in [4.69, 9.17) is 52.1 Å². The zero-order valence-electron chi connectivity index (χ0n) is 35.7. The molecule has 0 spiro atoms. The number of nitrogens with zero attached hydrogens (tertiary/aromatic N) is 8. The van der Waals surface area contributed by atoms with Gasteiger partial charge < -0.3 is 29.6 Å². The molecule has 2 aliphatic heterocycles. The normalized spacial score (nSPS) is 15.0. The lowest BCUT2D eigenvalue weighted by Crippen LogP contribution is -2.30. The number of rotatable bonds is 17. The second kappa shape index (κ2) is 19.9. The van der Waals surface area contributed by atoms with Gasteiger partial charge in [-0.15, -0.1) is 20.4 Å². The minimum absolute atomic E-state index is 0.0362. The third-order valence-corrected chi connectivity index (χ3v) is 11.3. The van der Waals surface area contributed by atoms with E-state index in [9.17, 15) is 9.59 Å². The standard InChI is InChI=1S/C46H46Cl2N10O6/c1-27-53-55-45-37(51-43(29-5-9-31(47)10-6-29)35-23-33(61-3)13-15-39(35)57(27)45)25-41(59)49-17-19-63-21-22-64-20-18-50-42(60)26-38-46-56-54-28(2)58(46)40-16-14-34(62-4)24-36(40)44(52-38)30-7-11-32(48)12-8-30/h5-16,23-24,37-38H,17-22,25-26H2,1-4H3,(H,49,59)(H,50,60)/t37-,38-/m0/s1.